The van der Waals surface area contributed by atoms with Crippen LogP contribution in [0.15, 0.2) is 30.3 Å². The SMILES string of the molecule is CC1(O)CCO[C@H](COCc2ccccc2)CN(C(=O)OC(C)(C)C)C1. The van der Waals surface area contributed by atoms with E-state index in [9.17, 15) is 9.90 Å². The minimum absolute atomic E-state index is 0.209. The number of hydrogen-bond acceptors (Lipinski definition) is 5. The Balaban J connectivity index is 1.95. The first-order valence-electron chi connectivity index (χ1n) is 9.08. The maximum atomic E-state index is 12.5. The number of carbonyl (C=O) groups excluding carboxylic acids is 1. The van der Waals surface area contributed by atoms with Gasteiger partial charge >= 0.3 is 6.09 Å². The van der Waals surface area contributed by atoms with E-state index in [1.165, 1.54) is 4.90 Å². The molecule has 1 unspecified atom stereocenters. The Hall–Kier alpha value is -1.63. The Bertz CT molecular complexity index is 567. The van der Waals surface area contributed by atoms with E-state index in [0.717, 1.165) is 5.56 Å². The van der Waals surface area contributed by atoms with Crippen molar-refractivity contribution in [3.8, 4) is 0 Å². The summed E-state index contributed by atoms with van der Waals surface area (Å²) in [5.74, 6) is 0. The summed E-state index contributed by atoms with van der Waals surface area (Å²) >= 11 is 0. The molecule has 0 spiro atoms. The first-order valence-corrected chi connectivity index (χ1v) is 9.08. The van der Waals surface area contributed by atoms with Crippen molar-refractivity contribution in [1.82, 2.24) is 4.90 Å². The zero-order chi connectivity index (χ0) is 19.2. The fourth-order valence-electron chi connectivity index (χ4n) is 2.75. The molecule has 1 aromatic carbocycles. The molecule has 0 saturated carbocycles. The predicted octanol–water partition coefficient (Wildman–Crippen LogP) is 2.98. The Morgan fingerprint density at radius 1 is 1.35 bits per heavy atom. The lowest BCUT2D eigenvalue weighted by Crippen LogP contribution is -2.52. The molecule has 0 radical (unpaired) electrons. The van der Waals surface area contributed by atoms with E-state index in [1.807, 2.05) is 51.1 Å². The van der Waals surface area contributed by atoms with Gasteiger partial charge in [-0.3, -0.25) is 0 Å². The highest BCUT2D eigenvalue weighted by Crippen LogP contribution is 2.19. The molecule has 1 heterocycles. The largest absolute Gasteiger partial charge is 0.444 e. The third-order valence-electron chi connectivity index (χ3n) is 4.02. The Morgan fingerprint density at radius 2 is 2.04 bits per heavy atom. The number of rotatable bonds is 4. The van der Waals surface area contributed by atoms with Crippen molar-refractivity contribution in [1.29, 1.82) is 0 Å². The second kappa shape index (κ2) is 8.84. The van der Waals surface area contributed by atoms with Gasteiger partial charge in [0.1, 0.15) is 5.60 Å². The summed E-state index contributed by atoms with van der Waals surface area (Å²) in [6.07, 6.45) is -0.264. The van der Waals surface area contributed by atoms with E-state index < -0.39 is 17.3 Å². The summed E-state index contributed by atoms with van der Waals surface area (Å²) in [4.78, 5) is 14.0. The molecule has 2 rings (SSSR count). The Morgan fingerprint density at radius 3 is 2.69 bits per heavy atom. The molecule has 6 nitrogen and oxygen atoms in total. The van der Waals surface area contributed by atoms with Gasteiger partial charge in [-0.15, -0.1) is 0 Å². The lowest BCUT2D eigenvalue weighted by atomic mass is 10.0. The zero-order valence-electron chi connectivity index (χ0n) is 16.2. The van der Waals surface area contributed by atoms with Crippen LogP contribution < -0.4 is 0 Å². The average molecular weight is 365 g/mol. The highest BCUT2D eigenvalue weighted by atomic mass is 16.6. The molecule has 1 aromatic rings. The van der Waals surface area contributed by atoms with Gasteiger partial charge < -0.3 is 24.2 Å². The van der Waals surface area contributed by atoms with Crippen LogP contribution in [0.5, 0.6) is 0 Å². The number of amides is 1. The van der Waals surface area contributed by atoms with Gasteiger partial charge in [0.05, 0.1) is 38.0 Å². The van der Waals surface area contributed by atoms with Gasteiger partial charge in [0.25, 0.3) is 0 Å². The average Bonchev–Trinajstić information content (AvgIpc) is 2.51. The molecule has 6 heteroatoms. The van der Waals surface area contributed by atoms with Crippen LogP contribution in [0, 0.1) is 0 Å². The van der Waals surface area contributed by atoms with E-state index in [2.05, 4.69) is 0 Å². The van der Waals surface area contributed by atoms with Crippen LogP contribution >= 0.6 is 0 Å². The number of hydrogen-bond donors (Lipinski definition) is 1. The number of ether oxygens (including phenoxy) is 3. The minimum Gasteiger partial charge on any atom is -0.444 e. The molecule has 0 aliphatic carbocycles. The van der Waals surface area contributed by atoms with Gasteiger partial charge in [-0.25, -0.2) is 4.79 Å². The molecule has 2 atom stereocenters. The Kier molecular flexibility index (Phi) is 7.03. The van der Waals surface area contributed by atoms with Gasteiger partial charge in [0.2, 0.25) is 0 Å². The summed E-state index contributed by atoms with van der Waals surface area (Å²) in [5, 5.41) is 10.4. The molecular weight excluding hydrogens is 334 g/mol. The minimum atomic E-state index is -1.01. The summed E-state index contributed by atoms with van der Waals surface area (Å²) in [7, 11) is 0. The topological polar surface area (TPSA) is 68.2 Å². The predicted molar refractivity (Wildman–Crippen MR) is 98.9 cm³/mol. The fourth-order valence-corrected chi connectivity index (χ4v) is 2.75. The number of carbonyl (C=O) groups is 1. The van der Waals surface area contributed by atoms with Crippen LogP contribution in [0.3, 0.4) is 0 Å². The van der Waals surface area contributed by atoms with Crippen molar-refractivity contribution >= 4 is 6.09 Å². The van der Waals surface area contributed by atoms with Gasteiger partial charge in [-0.2, -0.15) is 0 Å². The quantitative estimate of drug-likeness (QED) is 0.888. The molecular formula is C20H31NO5. The number of nitrogens with zero attached hydrogens (tertiary/aromatic N) is 1. The van der Waals surface area contributed by atoms with Crippen molar-refractivity contribution in [2.24, 2.45) is 0 Å². The molecule has 1 aliphatic heterocycles. The monoisotopic (exact) mass is 365 g/mol. The first-order chi connectivity index (χ1) is 12.1. The molecule has 1 fully saturated rings. The maximum absolute atomic E-state index is 12.5. The molecule has 1 amide bonds. The molecule has 1 aliphatic rings. The Labute approximate surface area is 156 Å². The number of β-amino-alcohol motifs (C(OH)–C–C–N with tert-alkyl or cyclic N) is 1. The lowest BCUT2D eigenvalue weighted by Gasteiger charge is -2.37. The van der Waals surface area contributed by atoms with E-state index in [1.54, 1.807) is 6.92 Å². The third kappa shape index (κ3) is 7.32. The van der Waals surface area contributed by atoms with Gasteiger partial charge in [-0.1, -0.05) is 30.3 Å². The standard InChI is InChI=1S/C20H31NO5/c1-19(2,3)26-18(22)21-12-17(25-11-10-20(4,23)15-21)14-24-13-16-8-6-5-7-9-16/h5-9,17,23H,10-15H2,1-4H3/t17-,20?/m0/s1. The van der Waals surface area contributed by atoms with Gasteiger partial charge in [0, 0.05) is 13.0 Å². The van der Waals surface area contributed by atoms with Crippen molar-refractivity contribution < 1.29 is 24.1 Å². The second-order valence-electron chi connectivity index (χ2n) is 8.10. The molecule has 0 bridgehead atoms. The van der Waals surface area contributed by atoms with Crippen LogP contribution in [-0.4, -0.2) is 59.7 Å². The van der Waals surface area contributed by atoms with Crippen molar-refractivity contribution in [2.75, 3.05) is 26.3 Å². The van der Waals surface area contributed by atoms with Crippen molar-refractivity contribution in [3.63, 3.8) is 0 Å². The number of benzene rings is 1. The van der Waals surface area contributed by atoms with Crippen LogP contribution in [0.1, 0.15) is 39.7 Å². The van der Waals surface area contributed by atoms with Gasteiger partial charge in [0.15, 0.2) is 0 Å². The zero-order valence-corrected chi connectivity index (χ0v) is 16.2. The first kappa shape index (κ1) is 20.7. The van der Waals surface area contributed by atoms with Crippen molar-refractivity contribution in [3.05, 3.63) is 35.9 Å². The summed E-state index contributed by atoms with van der Waals surface area (Å²) < 4.78 is 17.1. The smallest absolute Gasteiger partial charge is 0.410 e. The second-order valence-corrected chi connectivity index (χ2v) is 8.10. The van der Waals surface area contributed by atoms with E-state index in [4.69, 9.17) is 14.2 Å². The van der Waals surface area contributed by atoms with E-state index in [-0.39, 0.29) is 12.6 Å². The molecule has 26 heavy (non-hydrogen) atoms. The molecule has 0 aromatic heterocycles. The van der Waals surface area contributed by atoms with Crippen LogP contribution in [0.4, 0.5) is 4.79 Å². The van der Waals surface area contributed by atoms with Crippen LogP contribution in [0.2, 0.25) is 0 Å². The summed E-state index contributed by atoms with van der Waals surface area (Å²) in [6.45, 7) is 8.99. The highest BCUT2D eigenvalue weighted by molar-refractivity contribution is 5.68. The van der Waals surface area contributed by atoms with E-state index in [0.29, 0.717) is 32.8 Å². The summed E-state index contributed by atoms with van der Waals surface area (Å²) in [6, 6.07) is 9.91. The highest BCUT2D eigenvalue weighted by Gasteiger charge is 2.33. The molecule has 1 N–H and O–H groups in total. The number of aliphatic hydroxyl groups is 1. The summed E-state index contributed by atoms with van der Waals surface area (Å²) in [5.41, 5.74) is -0.511. The molecule has 1 saturated heterocycles. The van der Waals surface area contributed by atoms with Crippen molar-refractivity contribution in [2.45, 2.75) is 58.0 Å². The van der Waals surface area contributed by atoms with Crippen LogP contribution in [0.25, 0.3) is 0 Å². The third-order valence-corrected chi connectivity index (χ3v) is 4.02. The van der Waals surface area contributed by atoms with Crippen LogP contribution in [-0.2, 0) is 20.8 Å². The maximum Gasteiger partial charge on any atom is 0.410 e. The molecule has 146 valence electrons. The van der Waals surface area contributed by atoms with E-state index >= 15 is 0 Å². The normalized spacial score (nSPS) is 24.7. The fraction of sp³-hybridized carbons (Fsp3) is 0.650. The van der Waals surface area contributed by atoms with Gasteiger partial charge in [-0.05, 0) is 33.3 Å². The lowest BCUT2D eigenvalue weighted by molar-refractivity contribution is -0.0918.